The van der Waals surface area contributed by atoms with Gasteiger partial charge in [0.2, 0.25) is 15.9 Å². The fraction of sp³-hybridized carbons (Fsp3) is 0.385. The van der Waals surface area contributed by atoms with Crippen molar-refractivity contribution < 1.29 is 13.2 Å². The van der Waals surface area contributed by atoms with Gasteiger partial charge in [0.05, 0.1) is 4.90 Å². The predicted octanol–water partition coefficient (Wildman–Crippen LogP) is 4.45. The van der Waals surface area contributed by atoms with E-state index in [0.717, 1.165) is 36.7 Å². The van der Waals surface area contributed by atoms with Gasteiger partial charge < -0.3 is 9.80 Å². The molecule has 2 fully saturated rings. The zero-order chi connectivity index (χ0) is 24.4. The molecule has 2 aliphatic rings. The van der Waals surface area contributed by atoms with E-state index in [-0.39, 0.29) is 36.2 Å². The minimum atomic E-state index is -3.70. The molecule has 192 valence electrons. The SMILES string of the molecule is Cl.O=C1CCN(S(=O)(=O)c2ccc3cc(Cl)ccc3c2)CCN1CC1CCN(c2ccncc2)CC1. The third-order valence-corrected chi connectivity index (χ3v) is 9.21. The van der Waals surface area contributed by atoms with E-state index in [1.807, 2.05) is 41.6 Å². The maximum Gasteiger partial charge on any atom is 0.243 e. The van der Waals surface area contributed by atoms with Crippen LogP contribution in [0, 0.1) is 5.92 Å². The average Bonchev–Trinajstić information content (AvgIpc) is 3.06. The van der Waals surface area contributed by atoms with Gasteiger partial charge in [0.25, 0.3) is 0 Å². The number of piperidine rings is 1. The number of hydrogen-bond acceptors (Lipinski definition) is 5. The van der Waals surface area contributed by atoms with Crippen LogP contribution in [-0.4, -0.2) is 67.8 Å². The lowest BCUT2D eigenvalue weighted by atomic mass is 9.95. The summed E-state index contributed by atoms with van der Waals surface area (Å²) in [4.78, 5) is 21.4. The number of nitrogens with zero attached hydrogens (tertiary/aromatic N) is 4. The fourth-order valence-corrected chi connectivity index (χ4v) is 6.67. The third-order valence-electron chi connectivity index (χ3n) is 7.08. The Kier molecular flexibility index (Phi) is 8.40. The third kappa shape index (κ3) is 5.78. The van der Waals surface area contributed by atoms with Gasteiger partial charge in [-0.2, -0.15) is 4.31 Å². The summed E-state index contributed by atoms with van der Waals surface area (Å²) in [5.41, 5.74) is 1.18. The number of pyridine rings is 1. The van der Waals surface area contributed by atoms with Crippen LogP contribution in [0.2, 0.25) is 5.02 Å². The molecule has 10 heteroatoms. The molecule has 0 spiro atoms. The lowest BCUT2D eigenvalue weighted by Crippen LogP contribution is -2.42. The molecule has 0 radical (unpaired) electrons. The predicted molar refractivity (Wildman–Crippen MR) is 145 cm³/mol. The van der Waals surface area contributed by atoms with Gasteiger partial charge in [-0.3, -0.25) is 9.78 Å². The molecule has 36 heavy (non-hydrogen) atoms. The molecule has 1 aromatic heterocycles. The topological polar surface area (TPSA) is 73.8 Å². The van der Waals surface area contributed by atoms with E-state index in [1.54, 1.807) is 24.3 Å². The van der Waals surface area contributed by atoms with Gasteiger partial charge in [0.1, 0.15) is 0 Å². The van der Waals surface area contributed by atoms with E-state index >= 15 is 0 Å². The summed E-state index contributed by atoms with van der Waals surface area (Å²) in [6.45, 7) is 3.52. The molecule has 2 aromatic carbocycles. The average molecular weight is 550 g/mol. The molecule has 2 saturated heterocycles. The number of halogens is 2. The van der Waals surface area contributed by atoms with Crippen LogP contribution < -0.4 is 4.90 Å². The highest BCUT2D eigenvalue weighted by atomic mass is 35.5. The Morgan fingerprint density at radius 3 is 2.33 bits per heavy atom. The molecule has 3 heterocycles. The van der Waals surface area contributed by atoms with Crippen molar-refractivity contribution in [3.63, 3.8) is 0 Å². The molecule has 0 N–H and O–H groups in total. The van der Waals surface area contributed by atoms with Gasteiger partial charge >= 0.3 is 0 Å². The summed E-state index contributed by atoms with van der Waals surface area (Å²) in [6.07, 6.45) is 5.85. The van der Waals surface area contributed by atoms with E-state index in [9.17, 15) is 13.2 Å². The largest absolute Gasteiger partial charge is 0.371 e. The number of aromatic nitrogens is 1. The zero-order valence-electron chi connectivity index (χ0n) is 19.9. The van der Waals surface area contributed by atoms with Crippen molar-refractivity contribution in [1.82, 2.24) is 14.2 Å². The van der Waals surface area contributed by atoms with Crippen LogP contribution in [0.25, 0.3) is 10.8 Å². The first-order chi connectivity index (χ1) is 16.9. The Labute approximate surface area is 223 Å². The molecule has 0 bridgehead atoms. The summed E-state index contributed by atoms with van der Waals surface area (Å²) >= 11 is 6.05. The lowest BCUT2D eigenvalue weighted by molar-refractivity contribution is -0.131. The molecule has 7 nitrogen and oxygen atoms in total. The van der Waals surface area contributed by atoms with Gasteiger partial charge in [-0.15, -0.1) is 12.4 Å². The molecule has 0 atom stereocenters. The summed E-state index contributed by atoms with van der Waals surface area (Å²) in [5.74, 6) is 0.458. The van der Waals surface area contributed by atoms with Gasteiger partial charge in [-0.1, -0.05) is 23.7 Å². The fourth-order valence-electron chi connectivity index (χ4n) is 5.03. The highest BCUT2D eigenvalue weighted by molar-refractivity contribution is 7.89. The second-order valence-corrected chi connectivity index (χ2v) is 11.7. The molecular formula is C26H30Cl2N4O3S. The number of benzene rings is 2. The van der Waals surface area contributed by atoms with Crippen LogP contribution in [0.5, 0.6) is 0 Å². The first kappa shape index (κ1) is 26.7. The Morgan fingerprint density at radius 2 is 1.58 bits per heavy atom. The number of amides is 1. The van der Waals surface area contributed by atoms with Gasteiger partial charge in [0.15, 0.2) is 0 Å². The molecule has 1 amide bonds. The number of anilines is 1. The van der Waals surface area contributed by atoms with E-state index in [0.29, 0.717) is 30.6 Å². The number of fused-ring (bicyclic) bond motifs is 1. The standard InChI is InChI=1S/C26H29ClN4O3S.ClH/c27-23-3-1-22-18-25(4-2-21(22)17-23)35(33,34)31-14-9-26(32)30(15-16-31)19-20-7-12-29(13-8-20)24-5-10-28-11-6-24;/h1-6,10-11,17-18,20H,7-9,12-16,19H2;1H. The number of carbonyl (C=O) groups excluding carboxylic acids is 1. The van der Waals surface area contributed by atoms with Crippen LogP contribution in [0.1, 0.15) is 19.3 Å². The smallest absolute Gasteiger partial charge is 0.243 e. The minimum absolute atomic E-state index is 0. The molecule has 0 aliphatic carbocycles. The summed E-state index contributed by atoms with van der Waals surface area (Å²) < 4.78 is 28.2. The lowest BCUT2D eigenvalue weighted by Gasteiger charge is -2.35. The first-order valence-corrected chi connectivity index (χ1v) is 13.8. The van der Waals surface area contributed by atoms with Crippen LogP contribution >= 0.6 is 24.0 Å². The number of rotatable bonds is 5. The quantitative estimate of drug-likeness (QED) is 0.470. The van der Waals surface area contributed by atoms with E-state index in [1.165, 1.54) is 9.99 Å². The molecular weight excluding hydrogens is 519 g/mol. The normalized spacial score (nSPS) is 18.2. The van der Waals surface area contributed by atoms with E-state index in [2.05, 4.69) is 9.88 Å². The Morgan fingerprint density at radius 1 is 0.889 bits per heavy atom. The highest BCUT2D eigenvalue weighted by Crippen LogP contribution is 2.27. The maximum absolute atomic E-state index is 13.4. The monoisotopic (exact) mass is 548 g/mol. The van der Waals surface area contributed by atoms with Crippen molar-refractivity contribution in [2.24, 2.45) is 5.92 Å². The second kappa shape index (κ2) is 11.3. The van der Waals surface area contributed by atoms with Crippen molar-refractivity contribution in [1.29, 1.82) is 0 Å². The summed E-state index contributed by atoms with van der Waals surface area (Å²) in [6, 6.07) is 14.5. The molecule has 5 rings (SSSR count). The van der Waals surface area contributed by atoms with Crippen molar-refractivity contribution >= 4 is 56.4 Å². The Balaban J connectivity index is 0.00000304. The Bertz CT molecular complexity index is 1320. The van der Waals surface area contributed by atoms with E-state index in [4.69, 9.17) is 11.6 Å². The van der Waals surface area contributed by atoms with Crippen molar-refractivity contribution in [3.8, 4) is 0 Å². The maximum atomic E-state index is 13.4. The van der Waals surface area contributed by atoms with E-state index < -0.39 is 10.0 Å². The highest BCUT2D eigenvalue weighted by Gasteiger charge is 2.31. The second-order valence-electron chi connectivity index (χ2n) is 9.28. The van der Waals surface area contributed by atoms with Gasteiger partial charge in [-0.05, 0) is 65.9 Å². The summed E-state index contributed by atoms with van der Waals surface area (Å²) in [5, 5.41) is 2.33. The van der Waals surface area contributed by atoms with Crippen LogP contribution in [0.4, 0.5) is 5.69 Å². The van der Waals surface area contributed by atoms with Crippen molar-refractivity contribution in [3.05, 3.63) is 65.9 Å². The number of sulfonamides is 1. The zero-order valence-corrected chi connectivity index (χ0v) is 22.3. The van der Waals surface area contributed by atoms with Gasteiger partial charge in [0, 0.05) is 68.8 Å². The van der Waals surface area contributed by atoms with Crippen LogP contribution in [0.3, 0.4) is 0 Å². The van der Waals surface area contributed by atoms with Crippen molar-refractivity contribution in [2.75, 3.05) is 44.2 Å². The van der Waals surface area contributed by atoms with Gasteiger partial charge in [-0.25, -0.2) is 8.42 Å². The summed E-state index contributed by atoms with van der Waals surface area (Å²) in [7, 11) is -3.70. The molecule has 2 aliphatic heterocycles. The molecule has 3 aromatic rings. The number of hydrogen-bond donors (Lipinski definition) is 0. The molecule has 0 saturated carbocycles. The molecule has 0 unspecified atom stereocenters. The minimum Gasteiger partial charge on any atom is -0.371 e. The van der Waals surface area contributed by atoms with Crippen molar-refractivity contribution in [2.45, 2.75) is 24.2 Å². The number of carbonyl (C=O) groups is 1. The first-order valence-electron chi connectivity index (χ1n) is 12.0. The van der Waals surface area contributed by atoms with Crippen LogP contribution in [-0.2, 0) is 14.8 Å². The van der Waals surface area contributed by atoms with Crippen LogP contribution in [0.15, 0.2) is 65.8 Å². The Hall–Kier alpha value is -2.39.